The first-order valence-corrected chi connectivity index (χ1v) is 21.4. The molecule has 1 aliphatic heterocycles. The molecule has 2 amide bonds. The smallest absolute Gasteiger partial charge is 0.326 e. The number of sulfonamides is 2. The van der Waals surface area contributed by atoms with Gasteiger partial charge in [0.2, 0.25) is 20.0 Å². The molecule has 0 aromatic heterocycles. The number of benzene rings is 2. The second kappa shape index (κ2) is 18.1. The molecule has 1 aliphatic carbocycles. The van der Waals surface area contributed by atoms with Crippen LogP contribution in [0.2, 0.25) is 10.0 Å². The van der Waals surface area contributed by atoms with Crippen molar-refractivity contribution in [3.8, 4) is 5.75 Å². The molecule has 0 spiro atoms. The van der Waals surface area contributed by atoms with Gasteiger partial charge in [0.1, 0.15) is 16.5 Å². The Morgan fingerprint density at radius 1 is 1.04 bits per heavy atom. The van der Waals surface area contributed by atoms with Gasteiger partial charge < -0.3 is 9.64 Å². The largest absolute Gasteiger partial charge is 0.493 e. The number of halogens is 3. The third-order valence-corrected chi connectivity index (χ3v) is 11.6. The van der Waals surface area contributed by atoms with Crippen LogP contribution < -0.4 is 14.2 Å². The number of urea groups is 1. The first-order chi connectivity index (χ1) is 24.3. The molecular weight excluding hydrogens is 771 g/mol. The molecule has 2 aromatic carbocycles. The summed E-state index contributed by atoms with van der Waals surface area (Å²) in [6.07, 6.45) is 7.41. The molecule has 1 atom stereocenters. The zero-order chi connectivity index (χ0) is 38.3. The predicted molar refractivity (Wildman–Crippen MR) is 209 cm³/mol. The highest BCUT2D eigenvalue weighted by molar-refractivity contribution is 7.89. The Morgan fingerprint density at radius 2 is 1.71 bits per heavy atom. The fraction of sp³-hybridized carbons (Fsp3) is 0.486. The van der Waals surface area contributed by atoms with Gasteiger partial charge in [-0.1, -0.05) is 59.1 Å². The highest BCUT2D eigenvalue weighted by Crippen LogP contribution is 2.33. The SMILES string of the molecule is CCOc1cc(Cl)c(S(=O)(=O)NC(C)(C)C)cc1C(=NCC1C=CC(Cl)=CC1)N(Cc1ccc(Cl)cc1)C(=O)N1CCN(CCNS(C)(=O)=O)CC1. The number of amidine groups is 1. The molecule has 4 rings (SSSR count). The van der Waals surface area contributed by atoms with E-state index in [9.17, 15) is 21.6 Å². The topological polar surface area (TPSA) is 141 Å². The summed E-state index contributed by atoms with van der Waals surface area (Å²) >= 11 is 19.1. The van der Waals surface area contributed by atoms with Crippen LogP contribution in [0, 0.1) is 5.92 Å². The third-order valence-electron chi connectivity index (χ3n) is 8.10. The van der Waals surface area contributed by atoms with Crippen molar-refractivity contribution in [1.82, 2.24) is 24.1 Å². The summed E-state index contributed by atoms with van der Waals surface area (Å²) in [5, 5.41) is 1.12. The van der Waals surface area contributed by atoms with E-state index < -0.39 is 25.6 Å². The van der Waals surface area contributed by atoms with Gasteiger partial charge >= 0.3 is 6.03 Å². The van der Waals surface area contributed by atoms with Gasteiger partial charge in [-0.05, 0) is 64.0 Å². The van der Waals surface area contributed by atoms with E-state index in [1.807, 2.05) is 30.4 Å². The molecule has 0 saturated carbocycles. The van der Waals surface area contributed by atoms with Gasteiger partial charge in [0.05, 0.1) is 30.0 Å². The highest BCUT2D eigenvalue weighted by Gasteiger charge is 2.33. The normalized spacial score (nSPS) is 17.6. The van der Waals surface area contributed by atoms with Gasteiger partial charge in [-0.3, -0.25) is 14.8 Å². The van der Waals surface area contributed by atoms with E-state index in [4.69, 9.17) is 44.5 Å². The summed E-state index contributed by atoms with van der Waals surface area (Å²) in [7, 11) is -7.45. The average molecular weight is 818 g/mol. The average Bonchev–Trinajstić information content (AvgIpc) is 3.05. The number of aliphatic imine (C=N–C) groups is 1. The van der Waals surface area contributed by atoms with Gasteiger partial charge in [-0.25, -0.2) is 31.1 Å². The molecule has 1 heterocycles. The van der Waals surface area contributed by atoms with Crippen LogP contribution in [0.25, 0.3) is 0 Å². The number of hydrogen-bond acceptors (Lipinski definition) is 8. The molecule has 52 heavy (non-hydrogen) atoms. The predicted octanol–water partition coefficient (Wildman–Crippen LogP) is 5.70. The van der Waals surface area contributed by atoms with Crippen LogP contribution in [-0.4, -0.2) is 108 Å². The van der Waals surface area contributed by atoms with Crippen molar-refractivity contribution >= 4 is 66.7 Å². The van der Waals surface area contributed by atoms with Crippen LogP contribution in [0.15, 0.2) is 69.5 Å². The lowest BCUT2D eigenvalue weighted by molar-refractivity contribution is 0.126. The summed E-state index contributed by atoms with van der Waals surface area (Å²) in [6, 6.07) is 9.63. The maximum Gasteiger partial charge on any atom is 0.326 e. The third kappa shape index (κ3) is 12.4. The molecule has 2 N–H and O–H groups in total. The highest BCUT2D eigenvalue weighted by atomic mass is 35.5. The van der Waals surface area contributed by atoms with E-state index in [2.05, 4.69) is 14.3 Å². The molecule has 2 aliphatic rings. The lowest BCUT2D eigenvalue weighted by Gasteiger charge is -2.38. The van der Waals surface area contributed by atoms with Crippen LogP contribution in [0.1, 0.15) is 45.2 Å². The van der Waals surface area contributed by atoms with E-state index in [0.717, 1.165) is 11.8 Å². The summed E-state index contributed by atoms with van der Waals surface area (Å²) in [4.78, 5) is 24.9. The quantitative estimate of drug-likeness (QED) is 0.195. The Kier molecular flexibility index (Phi) is 14.6. The number of allylic oxidation sites excluding steroid dienone is 3. The lowest BCUT2D eigenvalue weighted by atomic mass is 10.0. The van der Waals surface area contributed by atoms with Gasteiger partial charge in [0.25, 0.3) is 0 Å². The lowest BCUT2D eigenvalue weighted by Crippen LogP contribution is -2.54. The Balaban J connectivity index is 1.82. The molecule has 1 unspecified atom stereocenters. The van der Waals surface area contributed by atoms with Crippen LogP contribution >= 0.6 is 34.8 Å². The van der Waals surface area contributed by atoms with Gasteiger partial charge in [-0.2, -0.15) is 0 Å². The zero-order valence-electron chi connectivity index (χ0n) is 30.0. The number of ether oxygens (including phenoxy) is 1. The Labute approximate surface area is 322 Å². The number of nitrogens with one attached hydrogen (secondary N) is 2. The fourth-order valence-electron chi connectivity index (χ4n) is 5.67. The first-order valence-electron chi connectivity index (χ1n) is 16.9. The summed E-state index contributed by atoms with van der Waals surface area (Å²) in [5.41, 5.74) is 0.235. The molecule has 286 valence electrons. The van der Waals surface area contributed by atoms with Crippen molar-refractivity contribution in [2.24, 2.45) is 10.9 Å². The Bertz CT molecular complexity index is 1890. The molecule has 1 fully saturated rings. The van der Waals surface area contributed by atoms with Crippen LogP contribution in [0.3, 0.4) is 0 Å². The van der Waals surface area contributed by atoms with E-state index in [1.165, 1.54) is 12.1 Å². The summed E-state index contributed by atoms with van der Waals surface area (Å²) in [5.74, 6) is 0.434. The molecule has 17 heteroatoms. The number of carbonyl (C=O) groups is 1. The van der Waals surface area contributed by atoms with Crippen molar-refractivity contribution < 1.29 is 26.4 Å². The number of carbonyl (C=O) groups excluding carboxylic acids is 1. The Hall–Kier alpha value is -2.69. The van der Waals surface area contributed by atoms with Crippen molar-refractivity contribution in [1.29, 1.82) is 0 Å². The second-order valence-electron chi connectivity index (χ2n) is 13.7. The standard InChI is InChI=1S/C35H47Cl3N6O6S2/c1-6-50-31-22-30(38)32(52(48,49)41-35(2,3)4)21-29(31)33(39-23-25-7-11-27(36)12-8-25)44(24-26-9-13-28(37)14-10-26)34(45)43-19-17-42(18-20-43)16-15-40-51(5,46)47/h7,9-14,21-22,25,40-41H,6,8,15-20,23-24H2,1-5H3. The van der Waals surface area contributed by atoms with E-state index in [-0.39, 0.29) is 65.3 Å². The molecule has 2 aromatic rings. The number of amides is 2. The number of hydrogen-bond donors (Lipinski definition) is 2. The van der Waals surface area contributed by atoms with Crippen LogP contribution in [0.4, 0.5) is 4.79 Å². The minimum absolute atomic E-state index is 0.0392. The minimum atomic E-state index is -4.13. The number of piperazine rings is 1. The Morgan fingerprint density at radius 3 is 2.29 bits per heavy atom. The monoisotopic (exact) mass is 816 g/mol. The van der Waals surface area contributed by atoms with E-state index in [1.54, 1.807) is 49.6 Å². The molecule has 0 radical (unpaired) electrons. The van der Waals surface area contributed by atoms with Crippen molar-refractivity contribution in [3.05, 3.63) is 80.8 Å². The van der Waals surface area contributed by atoms with Gasteiger partial charge in [-0.15, -0.1) is 0 Å². The van der Waals surface area contributed by atoms with Crippen molar-refractivity contribution in [2.45, 2.75) is 51.1 Å². The number of nitrogens with zero attached hydrogens (tertiary/aromatic N) is 4. The fourth-order valence-corrected chi connectivity index (χ4v) is 8.38. The molecular formula is C35H47Cl3N6O6S2. The first kappa shape index (κ1) is 42.1. The van der Waals surface area contributed by atoms with Crippen molar-refractivity contribution in [3.63, 3.8) is 0 Å². The zero-order valence-corrected chi connectivity index (χ0v) is 33.9. The second-order valence-corrected chi connectivity index (χ2v) is 18.4. The molecule has 12 nitrogen and oxygen atoms in total. The molecule has 0 bridgehead atoms. The summed E-state index contributed by atoms with van der Waals surface area (Å²) in [6.45, 7) is 10.1. The van der Waals surface area contributed by atoms with Crippen molar-refractivity contribution in [2.75, 3.05) is 58.7 Å². The minimum Gasteiger partial charge on any atom is -0.493 e. The maximum atomic E-state index is 14.7. The van der Waals surface area contributed by atoms with Crippen LogP contribution in [-0.2, 0) is 26.6 Å². The number of rotatable bonds is 13. The summed E-state index contributed by atoms with van der Waals surface area (Å²) < 4.78 is 61.8. The van der Waals surface area contributed by atoms with Gasteiger partial charge in [0.15, 0.2) is 0 Å². The van der Waals surface area contributed by atoms with Gasteiger partial charge in [0, 0.05) is 73.4 Å². The van der Waals surface area contributed by atoms with Crippen LogP contribution in [0.5, 0.6) is 5.75 Å². The van der Waals surface area contributed by atoms with E-state index in [0.29, 0.717) is 49.2 Å². The molecule has 1 saturated heterocycles. The maximum absolute atomic E-state index is 14.7. The van der Waals surface area contributed by atoms with E-state index >= 15 is 0 Å².